The maximum atomic E-state index is 13.2. The van der Waals surface area contributed by atoms with Gasteiger partial charge in [0, 0.05) is 32.2 Å². The Kier molecular flexibility index (Phi) is 7.57. The smallest absolute Gasteiger partial charge is 0.243 e. The van der Waals surface area contributed by atoms with Crippen LogP contribution >= 0.6 is 11.8 Å². The number of benzene rings is 1. The van der Waals surface area contributed by atoms with Gasteiger partial charge >= 0.3 is 0 Å². The summed E-state index contributed by atoms with van der Waals surface area (Å²) in [4.78, 5) is 15.2. The van der Waals surface area contributed by atoms with Gasteiger partial charge in [-0.15, -0.1) is 10.2 Å². The molecule has 0 bridgehead atoms. The number of aromatic nitrogens is 3. The van der Waals surface area contributed by atoms with Crippen molar-refractivity contribution in [2.45, 2.75) is 42.8 Å². The lowest BCUT2D eigenvalue weighted by Gasteiger charge is -2.27. The molecule has 1 aromatic heterocycles. The van der Waals surface area contributed by atoms with Crippen LogP contribution in [0.1, 0.15) is 32.7 Å². The van der Waals surface area contributed by atoms with E-state index in [9.17, 15) is 13.2 Å². The van der Waals surface area contributed by atoms with Crippen LogP contribution in [0.15, 0.2) is 34.6 Å². The summed E-state index contributed by atoms with van der Waals surface area (Å²) in [5.41, 5.74) is 1.36. The van der Waals surface area contributed by atoms with E-state index < -0.39 is 10.0 Å². The molecule has 2 fully saturated rings. The number of thioether (sulfide) groups is 1. The van der Waals surface area contributed by atoms with Crippen LogP contribution in [-0.2, 0) is 19.6 Å². The number of sulfonamides is 1. The molecule has 0 unspecified atom stereocenters. The second-order valence-corrected chi connectivity index (χ2v) is 11.2. The maximum absolute atomic E-state index is 13.2. The molecule has 1 N–H and O–H groups in total. The molecule has 2 aromatic rings. The molecule has 0 saturated carbocycles. The third-order valence-electron chi connectivity index (χ3n) is 5.73. The number of nitrogens with zero attached hydrogens (tertiary/aromatic N) is 5. The molecule has 2 aliphatic heterocycles. The number of nitrogens with one attached hydrogen (secondary N) is 1. The Labute approximate surface area is 198 Å². The number of rotatable bonds is 8. The first-order valence-corrected chi connectivity index (χ1v) is 13.6. The van der Waals surface area contributed by atoms with Gasteiger partial charge in [-0.1, -0.05) is 11.8 Å². The first-order chi connectivity index (χ1) is 15.9. The number of carbonyl (C=O) groups excluding carboxylic acids is 1. The highest BCUT2D eigenvalue weighted by Crippen LogP contribution is 2.33. The van der Waals surface area contributed by atoms with E-state index in [0.29, 0.717) is 37.1 Å². The van der Waals surface area contributed by atoms with Crippen molar-refractivity contribution < 1.29 is 17.9 Å². The SMILES string of the molecule is CC(C)n1cnnc1SCC(=O)Nc1cc(S(=O)(=O)N2CCOCC2)ccc1N1CCCC1. The highest BCUT2D eigenvalue weighted by atomic mass is 32.2. The summed E-state index contributed by atoms with van der Waals surface area (Å²) >= 11 is 1.30. The van der Waals surface area contributed by atoms with Gasteiger partial charge in [0.2, 0.25) is 15.9 Å². The van der Waals surface area contributed by atoms with Crippen molar-refractivity contribution in [1.82, 2.24) is 19.1 Å². The van der Waals surface area contributed by atoms with Gasteiger partial charge in [-0.3, -0.25) is 4.79 Å². The van der Waals surface area contributed by atoms with Crippen molar-refractivity contribution in [3.8, 4) is 0 Å². The molecule has 4 rings (SSSR count). The number of ether oxygens (including phenoxy) is 1. The van der Waals surface area contributed by atoms with E-state index in [1.54, 1.807) is 24.5 Å². The second-order valence-electron chi connectivity index (χ2n) is 8.34. The Hall–Kier alpha value is -2.15. The second kappa shape index (κ2) is 10.4. The number of morpholine rings is 1. The minimum absolute atomic E-state index is 0.144. The van der Waals surface area contributed by atoms with Gasteiger partial charge in [0.1, 0.15) is 6.33 Å². The van der Waals surface area contributed by atoms with Crippen LogP contribution in [0.5, 0.6) is 0 Å². The van der Waals surface area contributed by atoms with Crippen molar-refractivity contribution in [2.24, 2.45) is 0 Å². The average Bonchev–Trinajstić information content (AvgIpc) is 3.50. The van der Waals surface area contributed by atoms with Crippen molar-refractivity contribution in [3.05, 3.63) is 24.5 Å². The molecule has 2 aliphatic rings. The van der Waals surface area contributed by atoms with Gasteiger partial charge in [-0.25, -0.2) is 8.42 Å². The molecule has 0 aliphatic carbocycles. The molecule has 12 heteroatoms. The van der Waals surface area contributed by atoms with E-state index >= 15 is 0 Å². The summed E-state index contributed by atoms with van der Waals surface area (Å²) in [6.45, 7) is 7.22. The topological polar surface area (TPSA) is 110 Å². The number of carbonyl (C=O) groups is 1. The number of amides is 1. The summed E-state index contributed by atoms with van der Waals surface area (Å²) < 4.78 is 35.0. The van der Waals surface area contributed by atoms with Crippen LogP contribution < -0.4 is 10.2 Å². The lowest BCUT2D eigenvalue weighted by Crippen LogP contribution is -2.40. The van der Waals surface area contributed by atoms with E-state index in [-0.39, 0.29) is 22.6 Å². The van der Waals surface area contributed by atoms with Crippen molar-refractivity contribution >= 4 is 39.1 Å². The van der Waals surface area contributed by atoms with Gasteiger partial charge in [-0.05, 0) is 44.9 Å². The first kappa shape index (κ1) is 24.0. The fourth-order valence-electron chi connectivity index (χ4n) is 3.95. The fraction of sp³-hybridized carbons (Fsp3) is 0.571. The fourth-order valence-corrected chi connectivity index (χ4v) is 6.23. The molecule has 1 amide bonds. The summed E-state index contributed by atoms with van der Waals surface area (Å²) in [6, 6.07) is 5.21. The monoisotopic (exact) mass is 494 g/mol. The van der Waals surface area contributed by atoms with Crippen molar-refractivity contribution in [3.63, 3.8) is 0 Å². The first-order valence-electron chi connectivity index (χ1n) is 11.2. The molecule has 2 saturated heterocycles. The number of anilines is 2. The lowest BCUT2D eigenvalue weighted by atomic mass is 10.2. The van der Waals surface area contributed by atoms with E-state index in [1.165, 1.54) is 16.1 Å². The molecule has 0 spiro atoms. The summed E-state index contributed by atoms with van der Waals surface area (Å²) in [6.07, 6.45) is 3.79. The molecule has 3 heterocycles. The van der Waals surface area contributed by atoms with E-state index in [2.05, 4.69) is 20.4 Å². The quantitative estimate of drug-likeness (QED) is 0.557. The predicted molar refractivity (Wildman–Crippen MR) is 127 cm³/mol. The highest BCUT2D eigenvalue weighted by Gasteiger charge is 2.28. The molecule has 10 nitrogen and oxygen atoms in total. The zero-order valence-corrected chi connectivity index (χ0v) is 20.6. The average molecular weight is 495 g/mol. The predicted octanol–water partition coefficient (Wildman–Crippen LogP) is 2.21. The maximum Gasteiger partial charge on any atom is 0.243 e. The van der Waals surface area contributed by atoms with Gasteiger partial charge in [0.25, 0.3) is 0 Å². The van der Waals surface area contributed by atoms with Crippen molar-refractivity contribution in [2.75, 3.05) is 55.4 Å². The molecular weight excluding hydrogens is 464 g/mol. The van der Waals surface area contributed by atoms with Crippen LogP contribution in [0, 0.1) is 0 Å². The Morgan fingerprint density at radius 1 is 1.18 bits per heavy atom. The molecule has 180 valence electrons. The molecule has 1 aromatic carbocycles. The number of hydrogen-bond donors (Lipinski definition) is 1. The highest BCUT2D eigenvalue weighted by molar-refractivity contribution is 7.99. The molecule has 0 radical (unpaired) electrons. The largest absolute Gasteiger partial charge is 0.379 e. The van der Waals surface area contributed by atoms with Crippen LogP contribution in [0.3, 0.4) is 0 Å². The molecule has 0 atom stereocenters. The summed E-state index contributed by atoms with van der Waals surface area (Å²) in [5.74, 6) is -0.0784. The standard InChI is InChI=1S/C21H30N6O4S2/c1-16(2)27-15-22-24-21(27)32-14-20(28)23-18-13-17(5-6-19(18)25-7-3-4-8-25)33(29,30)26-9-11-31-12-10-26/h5-6,13,15-16H,3-4,7-12,14H2,1-2H3,(H,23,28). The third-order valence-corrected chi connectivity index (χ3v) is 8.58. The van der Waals surface area contributed by atoms with Gasteiger partial charge in [0.05, 0.1) is 35.2 Å². The summed E-state index contributed by atoms with van der Waals surface area (Å²) in [5, 5.41) is 11.6. The van der Waals surface area contributed by atoms with E-state index in [1.807, 2.05) is 18.4 Å². The molecular formula is C21H30N6O4S2. The third kappa shape index (κ3) is 5.51. The van der Waals surface area contributed by atoms with Gasteiger partial charge in [-0.2, -0.15) is 4.31 Å². The number of hydrogen-bond acceptors (Lipinski definition) is 8. The minimum atomic E-state index is -3.67. The van der Waals surface area contributed by atoms with Crippen LogP contribution in [-0.4, -0.2) is 78.5 Å². The zero-order chi connectivity index (χ0) is 23.4. The zero-order valence-electron chi connectivity index (χ0n) is 18.9. The van der Waals surface area contributed by atoms with Crippen LogP contribution in [0.25, 0.3) is 0 Å². The van der Waals surface area contributed by atoms with Gasteiger partial charge < -0.3 is 19.5 Å². The Bertz CT molecular complexity index is 1080. The van der Waals surface area contributed by atoms with E-state index in [4.69, 9.17) is 4.74 Å². The van der Waals surface area contributed by atoms with Crippen molar-refractivity contribution in [1.29, 1.82) is 0 Å². The van der Waals surface area contributed by atoms with E-state index in [0.717, 1.165) is 31.6 Å². The molecule has 33 heavy (non-hydrogen) atoms. The Balaban J connectivity index is 1.54. The normalized spacial score (nSPS) is 17.6. The lowest BCUT2D eigenvalue weighted by molar-refractivity contribution is -0.113. The van der Waals surface area contributed by atoms with Gasteiger partial charge in [0.15, 0.2) is 5.16 Å². The Morgan fingerprint density at radius 3 is 2.61 bits per heavy atom. The van der Waals surface area contributed by atoms with Crippen LogP contribution in [0.4, 0.5) is 11.4 Å². The summed E-state index contributed by atoms with van der Waals surface area (Å²) in [7, 11) is -3.67. The Morgan fingerprint density at radius 2 is 1.91 bits per heavy atom. The van der Waals surface area contributed by atoms with Crippen LogP contribution in [0.2, 0.25) is 0 Å². The minimum Gasteiger partial charge on any atom is -0.379 e.